The fourth-order valence-corrected chi connectivity index (χ4v) is 4.80. The van der Waals surface area contributed by atoms with Crippen molar-refractivity contribution in [2.75, 3.05) is 13.2 Å². The van der Waals surface area contributed by atoms with Crippen molar-refractivity contribution in [3.05, 3.63) is 0 Å². The Morgan fingerprint density at radius 3 is 1.53 bits per heavy atom. The van der Waals surface area contributed by atoms with Crippen LogP contribution in [0.5, 0.6) is 0 Å². The number of hydrogen-bond donors (Lipinski definition) is 0. The molecule has 182 valence electrons. The molecule has 0 aliphatic heterocycles. The van der Waals surface area contributed by atoms with Crippen molar-refractivity contribution in [1.29, 1.82) is 0 Å². The summed E-state index contributed by atoms with van der Waals surface area (Å²) in [5.41, 5.74) is 0. The van der Waals surface area contributed by atoms with E-state index >= 15 is 0 Å². The van der Waals surface area contributed by atoms with Gasteiger partial charge in [-0.2, -0.15) is 0 Å². The first-order valence-electron chi connectivity index (χ1n) is 14.0. The highest BCUT2D eigenvalue weighted by molar-refractivity contribution is 4.80. The summed E-state index contributed by atoms with van der Waals surface area (Å²) in [4.78, 5) is 0. The summed E-state index contributed by atoms with van der Waals surface area (Å²) in [5, 5.41) is 0. The zero-order chi connectivity index (χ0) is 22.3. The first-order valence-corrected chi connectivity index (χ1v) is 14.0. The van der Waals surface area contributed by atoms with E-state index in [2.05, 4.69) is 34.6 Å². The summed E-state index contributed by atoms with van der Waals surface area (Å²) in [6.45, 7) is 12.9. The van der Waals surface area contributed by atoms with Gasteiger partial charge in [0.05, 0.1) is 6.61 Å². The molecule has 30 heavy (non-hydrogen) atoms. The van der Waals surface area contributed by atoms with Gasteiger partial charge in [-0.1, -0.05) is 124 Å². The molecule has 0 saturated heterocycles. The molecule has 0 amide bonds. The molecular weight excluding hydrogens is 368 g/mol. The zero-order valence-corrected chi connectivity index (χ0v) is 21.7. The fourth-order valence-electron chi connectivity index (χ4n) is 4.80. The van der Waals surface area contributed by atoms with Crippen molar-refractivity contribution in [3.8, 4) is 0 Å². The van der Waals surface area contributed by atoms with E-state index in [0.717, 1.165) is 26.1 Å². The molecule has 0 rings (SSSR count). The highest BCUT2D eigenvalue weighted by atomic mass is 16.7. The van der Waals surface area contributed by atoms with Gasteiger partial charge in [0.15, 0.2) is 5.79 Å². The van der Waals surface area contributed by atoms with E-state index in [1.807, 2.05) is 0 Å². The van der Waals surface area contributed by atoms with Crippen LogP contribution in [0, 0.1) is 5.92 Å². The van der Waals surface area contributed by atoms with Crippen LogP contribution in [0.15, 0.2) is 0 Å². The molecule has 0 N–H and O–H groups in total. The van der Waals surface area contributed by atoms with Crippen LogP contribution in [0.3, 0.4) is 0 Å². The van der Waals surface area contributed by atoms with E-state index in [9.17, 15) is 0 Å². The first-order chi connectivity index (χ1) is 14.7. The number of rotatable bonds is 24. The predicted octanol–water partition coefficient (Wildman–Crippen LogP) is 9.84. The maximum atomic E-state index is 6.64. The van der Waals surface area contributed by atoms with Crippen LogP contribution in [0.4, 0.5) is 0 Å². The molecular formula is C28H58O2. The van der Waals surface area contributed by atoms with E-state index in [1.54, 1.807) is 0 Å². The zero-order valence-electron chi connectivity index (χ0n) is 21.7. The van der Waals surface area contributed by atoms with Crippen LogP contribution < -0.4 is 0 Å². The Labute approximate surface area is 191 Å². The van der Waals surface area contributed by atoms with Gasteiger partial charge in [0, 0.05) is 18.9 Å². The number of ether oxygens (including phenoxy) is 2. The lowest BCUT2D eigenvalue weighted by molar-refractivity contribution is -0.272. The molecule has 2 nitrogen and oxygen atoms in total. The molecule has 0 aliphatic rings. The summed E-state index contributed by atoms with van der Waals surface area (Å²) in [7, 11) is 0. The number of hydrogen-bond acceptors (Lipinski definition) is 2. The fraction of sp³-hybridized carbons (Fsp3) is 1.00. The second-order valence-electron chi connectivity index (χ2n) is 9.36. The molecule has 0 heterocycles. The summed E-state index contributed by atoms with van der Waals surface area (Å²) in [6.07, 6.45) is 24.9. The lowest BCUT2D eigenvalue weighted by Gasteiger charge is -2.41. The Bertz CT molecular complexity index is 323. The molecule has 0 fully saturated rings. The van der Waals surface area contributed by atoms with Crippen molar-refractivity contribution < 1.29 is 9.47 Å². The Kier molecular flexibility index (Phi) is 22.1. The lowest BCUT2D eigenvalue weighted by atomic mass is 9.85. The van der Waals surface area contributed by atoms with Crippen molar-refractivity contribution in [2.24, 2.45) is 5.92 Å². The Morgan fingerprint density at radius 1 is 0.500 bits per heavy atom. The van der Waals surface area contributed by atoms with Gasteiger partial charge in [-0.3, -0.25) is 0 Å². The second-order valence-corrected chi connectivity index (χ2v) is 9.36. The van der Waals surface area contributed by atoms with E-state index < -0.39 is 0 Å². The van der Waals surface area contributed by atoms with Gasteiger partial charge in [-0.25, -0.2) is 0 Å². The third kappa shape index (κ3) is 14.8. The molecule has 0 radical (unpaired) electrons. The van der Waals surface area contributed by atoms with Crippen LogP contribution in [0.25, 0.3) is 0 Å². The highest BCUT2D eigenvalue weighted by Gasteiger charge is 2.39. The summed E-state index contributed by atoms with van der Waals surface area (Å²) in [5.74, 6) is 0.201. The van der Waals surface area contributed by atoms with E-state index in [-0.39, 0.29) is 5.79 Å². The molecule has 0 aromatic rings. The minimum atomic E-state index is -0.343. The lowest BCUT2D eigenvalue weighted by Crippen LogP contribution is -2.44. The minimum Gasteiger partial charge on any atom is -0.350 e. The van der Waals surface area contributed by atoms with Crippen LogP contribution >= 0.6 is 0 Å². The van der Waals surface area contributed by atoms with Crippen molar-refractivity contribution in [3.63, 3.8) is 0 Å². The molecule has 0 aromatic heterocycles. The Balaban J connectivity index is 4.55. The van der Waals surface area contributed by atoms with Crippen LogP contribution in [-0.2, 0) is 9.47 Å². The van der Waals surface area contributed by atoms with Gasteiger partial charge in [0.1, 0.15) is 0 Å². The third-order valence-corrected chi connectivity index (χ3v) is 6.50. The Hall–Kier alpha value is -0.0800. The quantitative estimate of drug-likeness (QED) is 0.113. The van der Waals surface area contributed by atoms with Crippen LogP contribution in [0.2, 0.25) is 0 Å². The molecule has 0 aromatic carbocycles. The van der Waals surface area contributed by atoms with Gasteiger partial charge < -0.3 is 9.47 Å². The SMILES string of the molecule is CCCCCCCCCCOC(CCC)(OCC)C(CCC)CCCCCCCC. The molecule has 0 bridgehead atoms. The minimum absolute atomic E-state index is 0.343. The molecule has 2 atom stereocenters. The second kappa shape index (κ2) is 22.1. The molecule has 0 spiro atoms. The van der Waals surface area contributed by atoms with E-state index in [0.29, 0.717) is 5.92 Å². The summed E-state index contributed by atoms with van der Waals surface area (Å²) >= 11 is 0. The van der Waals surface area contributed by atoms with Crippen molar-refractivity contribution >= 4 is 0 Å². The first kappa shape index (κ1) is 29.9. The molecule has 2 heteroatoms. The Morgan fingerprint density at radius 2 is 1.03 bits per heavy atom. The highest BCUT2D eigenvalue weighted by Crippen LogP contribution is 2.36. The molecule has 0 aliphatic carbocycles. The summed E-state index contributed by atoms with van der Waals surface area (Å²) in [6, 6.07) is 0. The molecule has 0 saturated carbocycles. The molecule has 2 unspecified atom stereocenters. The van der Waals surface area contributed by atoms with Gasteiger partial charge in [-0.05, 0) is 26.2 Å². The largest absolute Gasteiger partial charge is 0.350 e. The van der Waals surface area contributed by atoms with Gasteiger partial charge in [0.2, 0.25) is 0 Å². The van der Waals surface area contributed by atoms with E-state index in [4.69, 9.17) is 9.47 Å². The maximum absolute atomic E-state index is 6.64. The number of unbranched alkanes of at least 4 members (excludes halogenated alkanes) is 12. The average molecular weight is 427 g/mol. The maximum Gasteiger partial charge on any atom is 0.171 e. The van der Waals surface area contributed by atoms with Crippen LogP contribution in [-0.4, -0.2) is 19.0 Å². The summed E-state index contributed by atoms with van der Waals surface area (Å²) < 4.78 is 13.1. The normalized spacial score (nSPS) is 14.7. The topological polar surface area (TPSA) is 18.5 Å². The predicted molar refractivity (Wildman–Crippen MR) is 134 cm³/mol. The van der Waals surface area contributed by atoms with Crippen molar-refractivity contribution in [2.45, 2.75) is 162 Å². The van der Waals surface area contributed by atoms with Gasteiger partial charge in [-0.15, -0.1) is 0 Å². The van der Waals surface area contributed by atoms with Gasteiger partial charge >= 0.3 is 0 Å². The monoisotopic (exact) mass is 426 g/mol. The smallest absolute Gasteiger partial charge is 0.171 e. The standard InChI is InChI=1S/C28H58O2/c1-6-11-13-15-17-18-20-22-26-30-28(25-9-4,29-10-5)27(23-8-3)24-21-19-16-14-12-7-2/h27H,6-26H2,1-5H3. The van der Waals surface area contributed by atoms with E-state index in [1.165, 1.54) is 109 Å². The van der Waals surface area contributed by atoms with Crippen molar-refractivity contribution in [1.82, 2.24) is 0 Å². The third-order valence-electron chi connectivity index (χ3n) is 6.50. The average Bonchev–Trinajstić information content (AvgIpc) is 2.74. The van der Waals surface area contributed by atoms with Gasteiger partial charge in [0.25, 0.3) is 0 Å². The van der Waals surface area contributed by atoms with Crippen LogP contribution in [0.1, 0.15) is 157 Å².